The van der Waals surface area contributed by atoms with Crippen LogP contribution in [0.2, 0.25) is 0 Å². The lowest BCUT2D eigenvalue weighted by Crippen LogP contribution is -2.17. The van der Waals surface area contributed by atoms with Gasteiger partial charge < -0.3 is 5.32 Å². The normalized spacial score (nSPS) is 14.6. The van der Waals surface area contributed by atoms with E-state index >= 15 is 0 Å². The highest BCUT2D eigenvalue weighted by Gasteiger charge is 2.25. The zero-order valence-corrected chi connectivity index (χ0v) is 19.5. The van der Waals surface area contributed by atoms with Gasteiger partial charge in [-0.25, -0.2) is 8.42 Å². The minimum Gasteiger partial charge on any atom is -0.320 e. The third kappa shape index (κ3) is 4.84. The van der Waals surface area contributed by atoms with Crippen LogP contribution >= 0.6 is 11.8 Å². The van der Waals surface area contributed by atoms with Crippen LogP contribution in [0, 0.1) is 24.0 Å². The van der Waals surface area contributed by atoms with Gasteiger partial charge in [-0.05, 0) is 72.5 Å². The lowest BCUT2D eigenvalue weighted by atomic mass is 10.1. The highest BCUT2D eigenvalue weighted by molar-refractivity contribution is 8.04. The van der Waals surface area contributed by atoms with E-state index in [0.717, 1.165) is 28.5 Å². The average molecular weight is 481 g/mol. The lowest BCUT2D eigenvalue weighted by molar-refractivity contribution is -0.384. The van der Waals surface area contributed by atoms with Gasteiger partial charge >= 0.3 is 0 Å². The summed E-state index contributed by atoms with van der Waals surface area (Å²) in [5, 5.41) is 13.6. The molecule has 0 bridgehead atoms. The molecule has 1 aliphatic heterocycles. The molecule has 3 aromatic rings. The molecule has 0 fully saturated rings. The summed E-state index contributed by atoms with van der Waals surface area (Å²) in [5.41, 5.74) is 3.76. The molecular formula is C24H20N2O5S2. The number of thioether (sulfide) groups is 1. The Morgan fingerprint density at radius 1 is 1.03 bits per heavy atom. The summed E-state index contributed by atoms with van der Waals surface area (Å²) in [5.74, 6) is -0.427. The second kappa shape index (κ2) is 8.84. The van der Waals surface area contributed by atoms with Crippen molar-refractivity contribution in [1.82, 2.24) is 0 Å². The van der Waals surface area contributed by atoms with Gasteiger partial charge in [0, 0.05) is 17.0 Å². The molecule has 1 aliphatic rings. The summed E-state index contributed by atoms with van der Waals surface area (Å²) in [4.78, 5) is 24.0. The van der Waals surface area contributed by atoms with Crippen LogP contribution in [0.25, 0.3) is 6.08 Å². The predicted molar refractivity (Wildman–Crippen MR) is 129 cm³/mol. The largest absolute Gasteiger partial charge is 0.320 e. The molecule has 0 saturated carbocycles. The smallest absolute Gasteiger partial charge is 0.269 e. The summed E-state index contributed by atoms with van der Waals surface area (Å²) in [6, 6.07) is 16.2. The van der Waals surface area contributed by atoms with Crippen molar-refractivity contribution in [2.24, 2.45) is 0 Å². The van der Waals surface area contributed by atoms with E-state index in [1.165, 1.54) is 18.2 Å². The number of nitro benzene ring substituents is 1. The molecule has 4 rings (SSSR count). The highest BCUT2D eigenvalue weighted by Crippen LogP contribution is 2.40. The first-order valence-electron chi connectivity index (χ1n) is 10.0. The number of nitrogens with one attached hydrogen (secondary N) is 1. The Labute approximate surface area is 195 Å². The first-order chi connectivity index (χ1) is 15.6. The molecule has 33 heavy (non-hydrogen) atoms. The van der Waals surface area contributed by atoms with Crippen LogP contribution in [0.3, 0.4) is 0 Å². The Balaban J connectivity index is 1.63. The van der Waals surface area contributed by atoms with Crippen LogP contribution < -0.4 is 5.32 Å². The number of carbonyl (C=O) groups is 1. The number of sulfone groups is 1. The van der Waals surface area contributed by atoms with Crippen LogP contribution in [-0.4, -0.2) is 19.2 Å². The zero-order chi connectivity index (χ0) is 23.8. The van der Waals surface area contributed by atoms with Crippen LogP contribution in [0.15, 0.2) is 75.4 Å². The maximum atomic E-state index is 13.1. The molecule has 1 amide bonds. The number of nitro groups is 1. The van der Waals surface area contributed by atoms with Gasteiger partial charge in [0.1, 0.15) is 0 Å². The van der Waals surface area contributed by atoms with Gasteiger partial charge in [-0.1, -0.05) is 30.0 Å². The van der Waals surface area contributed by atoms with Crippen LogP contribution in [0.4, 0.5) is 11.4 Å². The summed E-state index contributed by atoms with van der Waals surface area (Å²) >= 11 is 1.16. The fourth-order valence-corrected chi connectivity index (χ4v) is 6.16. The molecule has 0 aromatic heterocycles. The van der Waals surface area contributed by atoms with Gasteiger partial charge in [0.25, 0.3) is 11.6 Å². The molecule has 0 spiro atoms. The van der Waals surface area contributed by atoms with Crippen molar-refractivity contribution >= 4 is 45.0 Å². The average Bonchev–Trinajstić information content (AvgIpc) is 2.77. The number of fused-ring (bicyclic) bond motifs is 1. The monoisotopic (exact) mass is 480 g/mol. The summed E-state index contributed by atoms with van der Waals surface area (Å²) in [6.45, 7) is 3.79. The number of hydrogen-bond donors (Lipinski definition) is 1. The van der Waals surface area contributed by atoms with Crippen molar-refractivity contribution < 1.29 is 18.1 Å². The maximum absolute atomic E-state index is 13.1. The Kier molecular flexibility index (Phi) is 6.09. The summed E-state index contributed by atoms with van der Waals surface area (Å²) in [7, 11) is -3.60. The standard InChI is InChI=1S/C24H20N2O5S2/c1-15-4-3-5-16(2)20(15)14-33(30,31)19-10-11-21-22(13-19)32-23(24(27)25-21)12-17-6-8-18(9-7-17)26(28)29/h3-13H,14H2,1-2H3,(H,25,27). The third-order valence-electron chi connectivity index (χ3n) is 5.38. The van der Waals surface area contributed by atoms with Gasteiger partial charge in [0.2, 0.25) is 0 Å². The van der Waals surface area contributed by atoms with E-state index in [4.69, 9.17) is 0 Å². The van der Waals surface area contributed by atoms with Gasteiger partial charge in [0.05, 0.1) is 26.2 Å². The number of hydrogen-bond acceptors (Lipinski definition) is 6. The molecule has 0 radical (unpaired) electrons. The van der Waals surface area contributed by atoms with Crippen molar-refractivity contribution in [2.75, 3.05) is 5.32 Å². The molecule has 1 heterocycles. The molecule has 9 heteroatoms. The number of carbonyl (C=O) groups excluding carboxylic acids is 1. The Bertz CT molecular complexity index is 1390. The zero-order valence-electron chi connectivity index (χ0n) is 17.9. The Hall–Kier alpha value is -3.43. The molecule has 0 unspecified atom stereocenters. The Morgan fingerprint density at radius 3 is 2.33 bits per heavy atom. The van der Waals surface area contributed by atoms with Gasteiger partial charge in [-0.15, -0.1) is 0 Å². The Morgan fingerprint density at radius 2 is 1.70 bits per heavy atom. The molecular weight excluding hydrogens is 460 g/mol. The number of rotatable bonds is 5. The van der Waals surface area contributed by atoms with Crippen molar-refractivity contribution in [1.29, 1.82) is 0 Å². The summed E-state index contributed by atoms with van der Waals surface area (Å²) in [6.07, 6.45) is 1.62. The van der Waals surface area contributed by atoms with Crippen LogP contribution in [0.5, 0.6) is 0 Å². The van der Waals surface area contributed by atoms with E-state index in [0.29, 0.717) is 21.1 Å². The fraction of sp³-hybridized carbons (Fsp3) is 0.125. The van der Waals surface area contributed by atoms with E-state index in [1.807, 2.05) is 32.0 Å². The molecule has 0 atom stereocenters. The number of amides is 1. The molecule has 7 nitrogen and oxygen atoms in total. The van der Waals surface area contributed by atoms with E-state index in [-0.39, 0.29) is 22.2 Å². The SMILES string of the molecule is Cc1cccc(C)c1CS(=O)(=O)c1ccc2c(c1)SC(=Cc1ccc([N+](=O)[O-])cc1)C(=O)N2. The first-order valence-corrected chi connectivity index (χ1v) is 12.5. The number of non-ortho nitro benzene ring substituents is 1. The van der Waals surface area contributed by atoms with E-state index in [2.05, 4.69) is 5.32 Å². The second-order valence-corrected chi connectivity index (χ2v) is 10.8. The van der Waals surface area contributed by atoms with Crippen molar-refractivity contribution in [3.63, 3.8) is 0 Å². The third-order valence-corrected chi connectivity index (χ3v) is 8.11. The fourth-order valence-electron chi connectivity index (χ4n) is 3.52. The topological polar surface area (TPSA) is 106 Å². The van der Waals surface area contributed by atoms with E-state index < -0.39 is 14.8 Å². The molecule has 168 valence electrons. The molecule has 0 aliphatic carbocycles. The predicted octanol–water partition coefficient (Wildman–Crippen LogP) is 5.27. The lowest BCUT2D eigenvalue weighted by Gasteiger charge is -2.20. The molecule has 3 aromatic carbocycles. The van der Waals surface area contributed by atoms with Crippen molar-refractivity contribution in [2.45, 2.75) is 29.4 Å². The quantitative estimate of drug-likeness (QED) is 0.303. The van der Waals surface area contributed by atoms with Crippen LogP contribution in [0.1, 0.15) is 22.3 Å². The maximum Gasteiger partial charge on any atom is 0.269 e. The van der Waals surface area contributed by atoms with Crippen molar-refractivity contribution in [3.05, 3.63) is 97.9 Å². The van der Waals surface area contributed by atoms with Crippen LogP contribution in [-0.2, 0) is 20.4 Å². The summed E-state index contributed by atoms with van der Waals surface area (Å²) < 4.78 is 26.3. The number of anilines is 1. The minimum absolute atomic E-state index is 0.0398. The number of nitrogens with zero attached hydrogens (tertiary/aromatic N) is 1. The minimum atomic E-state index is -3.60. The van der Waals surface area contributed by atoms with E-state index in [1.54, 1.807) is 30.3 Å². The second-order valence-electron chi connectivity index (χ2n) is 7.70. The van der Waals surface area contributed by atoms with Gasteiger partial charge in [0.15, 0.2) is 9.84 Å². The van der Waals surface area contributed by atoms with Crippen molar-refractivity contribution in [3.8, 4) is 0 Å². The van der Waals surface area contributed by atoms with E-state index in [9.17, 15) is 23.3 Å². The van der Waals surface area contributed by atoms with Gasteiger partial charge in [-0.3, -0.25) is 14.9 Å². The first kappa shape index (κ1) is 22.8. The number of benzene rings is 3. The number of aryl methyl sites for hydroxylation is 2. The molecule has 0 saturated heterocycles. The van der Waals surface area contributed by atoms with Gasteiger partial charge in [-0.2, -0.15) is 0 Å². The molecule has 1 N–H and O–H groups in total. The highest BCUT2D eigenvalue weighted by atomic mass is 32.2.